The first-order valence-corrected chi connectivity index (χ1v) is 12.1. The van der Waals surface area contributed by atoms with Crippen LogP contribution in [0.25, 0.3) is 11.2 Å². The second kappa shape index (κ2) is 10.9. The standard InChI is InChI=1S/C14H20N6O9P2.4H3N/c1-16-11-9-13(19-12(18-11)10(15)21)20(5-17-9)7-2-8(29-31(25,26)27)14(3-6(7)14)4-28-30(22,23)24;;;;/h5-8H,2-4H2,1H3,(H2,15,21)(H,16,18,19)(H2,22,23,24)(H2,25,26,27);4*1H3/t6-,7-,8+,14+;;;;/m1..../s1. The van der Waals surface area contributed by atoms with Gasteiger partial charge in [-0.2, -0.15) is 0 Å². The Morgan fingerprint density at radius 2 is 1.83 bits per heavy atom. The molecular weight excluding hydrogens is 514 g/mol. The summed E-state index contributed by atoms with van der Waals surface area (Å²) in [6, 6.07) is -0.442. The summed E-state index contributed by atoms with van der Waals surface area (Å²) in [5, 5.41) is 2.81. The van der Waals surface area contributed by atoms with Crippen LogP contribution in [0.3, 0.4) is 0 Å². The van der Waals surface area contributed by atoms with E-state index < -0.39 is 45.7 Å². The van der Waals surface area contributed by atoms with Gasteiger partial charge in [0.15, 0.2) is 11.5 Å². The molecule has 0 aliphatic heterocycles. The van der Waals surface area contributed by atoms with Crippen molar-refractivity contribution in [1.82, 2.24) is 44.1 Å². The minimum Gasteiger partial charge on any atom is -0.371 e. The first-order valence-electron chi connectivity index (χ1n) is 9.01. The summed E-state index contributed by atoms with van der Waals surface area (Å²) in [6.07, 6.45) is 0.849. The van der Waals surface area contributed by atoms with Crippen LogP contribution < -0.4 is 35.7 Å². The Morgan fingerprint density at radius 3 is 2.34 bits per heavy atom. The molecule has 2 fully saturated rings. The number of carbonyl (C=O) groups is 1. The summed E-state index contributed by atoms with van der Waals surface area (Å²) in [5.41, 5.74) is 4.93. The number of phosphoric ester groups is 2. The van der Waals surface area contributed by atoms with Crippen molar-refractivity contribution in [3.63, 3.8) is 0 Å². The maximum Gasteiger partial charge on any atom is 0.469 e. The summed E-state index contributed by atoms with van der Waals surface area (Å²) in [6.45, 7) is -0.445. The first-order chi connectivity index (χ1) is 14.3. The number of primary amides is 1. The molecule has 0 aromatic carbocycles. The molecular formula is C14H32N10O9P2. The van der Waals surface area contributed by atoms with Gasteiger partial charge in [-0.3, -0.25) is 13.8 Å². The summed E-state index contributed by atoms with van der Waals surface area (Å²) in [4.78, 5) is 60.8. The molecule has 0 saturated heterocycles. The van der Waals surface area contributed by atoms with Crippen LogP contribution in [-0.2, 0) is 18.2 Å². The third-order valence-electron chi connectivity index (χ3n) is 5.74. The second-order valence-corrected chi connectivity index (χ2v) is 9.96. The van der Waals surface area contributed by atoms with E-state index in [1.54, 1.807) is 11.6 Å². The molecule has 0 unspecified atom stereocenters. The highest BCUT2D eigenvalue weighted by molar-refractivity contribution is 7.46. The fourth-order valence-corrected chi connectivity index (χ4v) is 5.42. The smallest absolute Gasteiger partial charge is 0.371 e. The number of nitrogens with two attached hydrogens (primary N) is 1. The van der Waals surface area contributed by atoms with Crippen LogP contribution >= 0.6 is 15.6 Å². The van der Waals surface area contributed by atoms with Gasteiger partial charge in [-0.05, 0) is 18.8 Å². The Kier molecular flexibility index (Phi) is 10.2. The zero-order valence-electron chi connectivity index (χ0n) is 18.8. The lowest BCUT2D eigenvalue weighted by molar-refractivity contribution is 0.0498. The van der Waals surface area contributed by atoms with Gasteiger partial charge >= 0.3 is 15.6 Å². The predicted molar refractivity (Wildman–Crippen MR) is 123 cm³/mol. The molecule has 21 heteroatoms. The molecule has 2 saturated carbocycles. The van der Waals surface area contributed by atoms with E-state index in [0.717, 1.165) is 0 Å². The van der Waals surface area contributed by atoms with Crippen LogP contribution in [0.4, 0.5) is 5.82 Å². The van der Waals surface area contributed by atoms with Gasteiger partial charge < -0.3 is 59.8 Å². The molecule has 2 heterocycles. The van der Waals surface area contributed by atoms with Gasteiger partial charge in [0.1, 0.15) is 5.52 Å². The summed E-state index contributed by atoms with van der Waals surface area (Å²) in [7, 11) is -8.12. The van der Waals surface area contributed by atoms with Gasteiger partial charge in [-0.15, -0.1) is 0 Å². The molecule has 1 amide bonds. The molecule has 2 aromatic rings. The summed E-state index contributed by atoms with van der Waals surface area (Å²) < 4.78 is 33.9. The molecule has 2 aromatic heterocycles. The quantitative estimate of drug-likeness (QED) is 0.197. The van der Waals surface area contributed by atoms with E-state index in [4.69, 9.17) is 20.0 Å². The van der Waals surface area contributed by atoms with Crippen molar-refractivity contribution in [3.05, 3.63) is 12.2 Å². The van der Waals surface area contributed by atoms with Crippen LogP contribution in [0.2, 0.25) is 0 Å². The lowest BCUT2D eigenvalue weighted by Gasteiger charge is -2.24. The van der Waals surface area contributed by atoms with E-state index in [-0.39, 0.29) is 54.2 Å². The van der Waals surface area contributed by atoms with Crippen molar-refractivity contribution in [3.8, 4) is 0 Å². The third-order valence-corrected chi connectivity index (χ3v) is 6.74. The van der Waals surface area contributed by atoms with Crippen molar-refractivity contribution in [2.24, 2.45) is 17.1 Å². The number of aromatic nitrogens is 4. The lowest BCUT2D eigenvalue weighted by Crippen LogP contribution is -2.26. The average Bonchev–Trinajstić information content (AvgIpc) is 3.11. The number of nitrogens with zero attached hydrogens (tertiary/aromatic N) is 4. The fraction of sp³-hybridized carbons (Fsp3) is 0.571. The number of carbonyl (C=O) groups excluding carboxylic acids is 1. The van der Waals surface area contributed by atoms with Crippen LogP contribution in [0.15, 0.2) is 6.33 Å². The number of hydrogen-bond acceptors (Lipinski definition) is 13. The highest BCUT2D eigenvalue weighted by atomic mass is 31.2. The zero-order chi connectivity index (χ0) is 22.8. The lowest BCUT2D eigenvalue weighted by atomic mass is 10.0. The molecule has 202 valence electrons. The largest absolute Gasteiger partial charge is 0.469 e. The first kappa shape index (κ1) is 32.9. The highest BCUT2D eigenvalue weighted by Crippen LogP contribution is 2.71. The number of phosphoric acid groups is 2. The molecule has 0 radical (unpaired) electrons. The number of hydrogen-bond donors (Lipinski definition) is 10. The van der Waals surface area contributed by atoms with Crippen LogP contribution in [0, 0.1) is 11.3 Å². The SMILES string of the molecule is CNc1nc(C(N)=O)nc2c1ncn2[C@@H]1C[C@H](OP(=O)(O)O)[C@]2(COP(=O)(O)O)C[C@H]12.N.N.N.N. The Balaban J connectivity index is 0.00000289. The molecule has 0 bridgehead atoms. The number of rotatable bonds is 8. The van der Waals surface area contributed by atoms with Crippen molar-refractivity contribution in [2.75, 3.05) is 19.0 Å². The Bertz CT molecular complexity index is 1150. The van der Waals surface area contributed by atoms with Gasteiger partial charge in [0, 0.05) is 18.5 Å². The van der Waals surface area contributed by atoms with E-state index >= 15 is 0 Å². The molecule has 2 aliphatic rings. The average molecular weight is 546 g/mol. The normalized spacial score (nSPS) is 24.8. The second-order valence-electron chi connectivity index (χ2n) is 7.53. The van der Waals surface area contributed by atoms with Crippen molar-refractivity contribution < 1.29 is 42.5 Å². The number of amides is 1. The Morgan fingerprint density at radius 1 is 1.20 bits per heavy atom. The van der Waals surface area contributed by atoms with E-state index in [2.05, 4.69) is 24.8 Å². The van der Waals surface area contributed by atoms with Crippen molar-refractivity contribution in [2.45, 2.75) is 25.0 Å². The minimum absolute atomic E-state index is 0. The minimum atomic E-state index is -4.89. The van der Waals surface area contributed by atoms with Gasteiger partial charge in [-0.1, -0.05) is 0 Å². The van der Waals surface area contributed by atoms with E-state index in [9.17, 15) is 23.7 Å². The van der Waals surface area contributed by atoms with Crippen molar-refractivity contribution in [1.29, 1.82) is 0 Å². The molecule has 4 atom stereocenters. The van der Waals surface area contributed by atoms with Gasteiger partial charge in [0.05, 0.1) is 19.0 Å². The third kappa shape index (κ3) is 6.18. The molecule has 19 N–H and O–H groups in total. The molecule has 2 aliphatic carbocycles. The molecule has 35 heavy (non-hydrogen) atoms. The summed E-state index contributed by atoms with van der Waals surface area (Å²) in [5.74, 6) is -1.12. The van der Waals surface area contributed by atoms with E-state index in [0.29, 0.717) is 11.9 Å². The maximum absolute atomic E-state index is 11.6. The number of nitrogens with one attached hydrogen (secondary N) is 1. The van der Waals surface area contributed by atoms with Gasteiger partial charge in [-0.25, -0.2) is 24.1 Å². The zero-order valence-corrected chi connectivity index (χ0v) is 20.6. The van der Waals surface area contributed by atoms with E-state index in [1.165, 1.54) is 6.33 Å². The maximum atomic E-state index is 11.6. The molecule has 19 nitrogen and oxygen atoms in total. The van der Waals surface area contributed by atoms with Gasteiger partial charge in [0.25, 0.3) is 5.91 Å². The predicted octanol–water partition coefficient (Wildman–Crippen LogP) is 0.153. The Labute approximate surface area is 199 Å². The molecule has 4 rings (SSSR count). The van der Waals surface area contributed by atoms with Gasteiger partial charge in [0.2, 0.25) is 5.82 Å². The van der Waals surface area contributed by atoms with Crippen LogP contribution in [0.5, 0.6) is 0 Å². The Hall–Kier alpha value is -2.12. The topological polar surface area (TPSA) is 372 Å². The number of imidazole rings is 1. The monoisotopic (exact) mass is 546 g/mol. The molecule has 0 spiro atoms. The fourth-order valence-electron chi connectivity index (χ4n) is 4.39. The number of fused-ring (bicyclic) bond motifs is 2. The van der Waals surface area contributed by atoms with Crippen molar-refractivity contribution >= 4 is 38.5 Å². The van der Waals surface area contributed by atoms with E-state index in [1.807, 2.05) is 0 Å². The van der Waals surface area contributed by atoms with Crippen LogP contribution in [0.1, 0.15) is 29.5 Å². The number of anilines is 1. The van der Waals surface area contributed by atoms with Crippen LogP contribution in [-0.4, -0.2) is 64.8 Å². The summed E-state index contributed by atoms with van der Waals surface area (Å²) >= 11 is 0. The highest BCUT2D eigenvalue weighted by Gasteiger charge is 2.70.